The van der Waals surface area contributed by atoms with Crippen LogP contribution >= 0.6 is 0 Å². The lowest BCUT2D eigenvalue weighted by atomic mass is 10.0. The normalized spacial score (nSPS) is 12.9. The molecule has 3 rings (SSSR count). The fourth-order valence-electron chi connectivity index (χ4n) is 3.08. The number of sulfone groups is 1. The number of nitrogens with one attached hydrogen (secondary N) is 1. The molecule has 0 aliphatic carbocycles. The summed E-state index contributed by atoms with van der Waals surface area (Å²) in [6, 6.07) is 11.3. The van der Waals surface area contributed by atoms with Crippen LogP contribution in [0, 0.1) is 13.8 Å². The molecule has 168 valence electrons. The van der Waals surface area contributed by atoms with Gasteiger partial charge in [-0.3, -0.25) is 9.78 Å². The van der Waals surface area contributed by atoms with Crippen molar-refractivity contribution in [1.82, 2.24) is 10.3 Å². The smallest absolute Gasteiger partial charge is 0.337 e. The average molecular weight is 462 g/mol. The molecule has 0 saturated heterocycles. The van der Waals surface area contributed by atoms with Gasteiger partial charge in [-0.1, -0.05) is 35.9 Å². The molecule has 1 unspecified atom stereocenters. The Kier molecular flexibility index (Phi) is 6.41. The van der Waals surface area contributed by atoms with E-state index in [0.717, 1.165) is 24.1 Å². The van der Waals surface area contributed by atoms with E-state index < -0.39 is 28.0 Å². The van der Waals surface area contributed by atoms with Crippen LogP contribution < -0.4 is 5.32 Å². The molecule has 32 heavy (non-hydrogen) atoms. The Bertz CT molecular complexity index is 1240. The van der Waals surface area contributed by atoms with Gasteiger partial charge in [0.25, 0.3) is 5.91 Å². The van der Waals surface area contributed by atoms with Crippen molar-refractivity contribution in [1.29, 1.82) is 0 Å². The summed E-state index contributed by atoms with van der Waals surface area (Å²) in [5, 5.41) is 1.98. The first-order chi connectivity index (χ1) is 14.8. The molecular formula is C23H21F3N2O3S. The minimum atomic E-state index is -4.78. The monoisotopic (exact) mass is 462 g/mol. The van der Waals surface area contributed by atoms with Crippen molar-refractivity contribution in [3.63, 3.8) is 0 Å². The number of pyridine rings is 1. The first kappa shape index (κ1) is 23.5. The highest BCUT2D eigenvalue weighted by atomic mass is 32.2. The van der Waals surface area contributed by atoms with E-state index in [-0.39, 0.29) is 16.0 Å². The van der Waals surface area contributed by atoms with Gasteiger partial charge >= 0.3 is 6.18 Å². The molecule has 1 amide bonds. The van der Waals surface area contributed by atoms with Crippen LogP contribution in [-0.4, -0.2) is 31.7 Å². The van der Waals surface area contributed by atoms with Gasteiger partial charge < -0.3 is 5.32 Å². The molecule has 0 spiro atoms. The Morgan fingerprint density at radius 1 is 0.969 bits per heavy atom. The lowest BCUT2D eigenvalue weighted by molar-refractivity contribution is -0.155. The van der Waals surface area contributed by atoms with Gasteiger partial charge in [-0.15, -0.1) is 0 Å². The molecule has 3 aromatic rings. The molecule has 1 atom stereocenters. The Labute approximate surface area is 184 Å². The van der Waals surface area contributed by atoms with Gasteiger partial charge in [0, 0.05) is 29.3 Å². The van der Waals surface area contributed by atoms with Crippen LogP contribution in [0.25, 0.3) is 11.1 Å². The largest absolute Gasteiger partial charge is 0.412 e. The Morgan fingerprint density at radius 2 is 1.62 bits per heavy atom. The molecule has 0 aliphatic heterocycles. The molecule has 1 aromatic heterocycles. The molecule has 0 aliphatic rings. The molecule has 0 saturated carbocycles. The molecule has 0 bridgehead atoms. The Hall–Kier alpha value is -3.20. The van der Waals surface area contributed by atoms with Gasteiger partial charge in [0.2, 0.25) is 0 Å². The van der Waals surface area contributed by atoms with Crippen molar-refractivity contribution in [3.8, 4) is 11.1 Å². The van der Waals surface area contributed by atoms with Crippen LogP contribution in [0.4, 0.5) is 13.2 Å². The fraction of sp³-hybridized carbons (Fsp3) is 0.217. The first-order valence-electron chi connectivity index (χ1n) is 9.57. The second kappa shape index (κ2) is 8.74. The van der Waals surface area contributed by atoms with Gasteiger partial charge in [-0.25, -0.2) is 8.42 Å². The SMILES string of the molecule is Cc1ccc(-c2cc(C(=O)NC(c3ccc(C)nc3)C(F)(F)F)cc(S(C)(=O)=O)c2)cc1. The van der Waals surface area contributed by atoms with E-state index in [2.05, 4.69) is 4.98 Å². The number of carbonyl (C=O) groups excluding carboxylic acids is 1. The Balaban J connectivity index is 2.04. The van der Waals surface area contributed by atoms with E-state index >= 15 is 0 Å². The third kappa shape index (κ3) is 5.53. The van der Waals surface area contributed by atoms with Gasteiger partial charge in [0.15, 0.2) is 15.9 Å². The summed E-state index contributed by atoms with van der Waals surface area (Å²) in [4.78, 5) is 16.5. The molecule has 1 N–H and O–H groups in total. The number of rotatable bonds is 5. The van der Waals surface area contributed by atoms with Crippen LogP contribution in [0.15, 0.2) is 65.7 Å². The van der Waals surface area contributed by atoms with Gasteiger partial charge in [-0.05, 0) is 49.2 Å². The highest BCUT2D eigenvalue weighted by Gasteiger charge is 2.42. The molecule has 1 heterocycles. The second-order valence-electron chi connectivity index (χ2n) is 7.57. The van der Waals surface area contributed by atoms with E-state index in [0.29, 0.717) is 16.8 Å². The highest BCUT2D eigenvalue weighted by molar-refractivity contribution is 7.90. The number of benzene rings is 2. The summed E-state index contributed by atoms with van der Waals surface area (Å²) >= 11 is 0. The average Bonchev–Trinajstić information content (AvgIpc) is 2.71. The van der Waals surface area contributed by atoms with Crippen molar-refractivity contribution in [2.24, 2.45) is 0 Å². The first-order valence-corrected chi connectivity index (χ1v) is 11.5. The Morgan fingerprint density at radius 3 is 2.16 bits per heavy atom. The molecular weight excluding hydrogens is 441 g/mol. The quantitative estimate of drug-likeness (QED) is 0.591. The summed E-state index contributed by atoms with van der Waals surface area (Å²) in [5.41, 5.74) is 2.12. The topological polar surface area (TPSA) is 76.1 Å². The zero-order chi connectivity index (χ0) is 23.7. The lowest BCUT2D eigenvalue weighted by Crippen LogP contribution is -2.38. The highest BCUT2D eigenvalue weighted by Crippen LogP contribution is 2.33. The van der Waals surface area contributed by atoms with Crippen LogP contribution in [0.5, 0.6) is 0 Å². The standard InChI is InChI=1S/C23H21F3N2O3S/c1-14-4-7-16(8-5-14)18-10-19(12-20(11-18)32(3,30)31)22(29)28-21(23(24,25)26)17-9-6-15(2)27-13-17/h4-13,21H,1-3H3,(H,28,29). The number of aryl methyl sites for hydroxylation is 2. The maximum atomic E-state index is 13.7. The summed E-state index contributed by atoms with van der Waals surface area (Å²) in [6.07, 6.45) is -2.75. The number of hydrogen-bond acceptors (Lipinski definition) is 4. The van der Waals surface area contributed by atoms with Crippen LogP contribution in [0.3, 0.4) is 0 Å². The van der Waals surface area contributed by atoms with E-state index in [1.165, 1.54) is 24.3 Å². The molecule has 9 heteroatoms. The molecule has 0 radical (unpaired) electrons. The van der Waals surface area contributed by atoms with E-state index in [1.807, 2.05) is 24.4 Å². The predicted octanol–water partition coefficient (Wildman–Crippen LogP) is 4.80. The summed E-state index contributed by atoms with van der Waals surface area (Å²) in [5.74, 6) is -1.05. The number of amides is 1. The zero-order valence-corrected chi connectivity index (χ0v) is 18.4. The lowest BCUT2D eigenvalue weighted by Gasteiger charge is -2.22. The van der Waals surface area contributed by atoms with Gasteiger partial charge in [0.05, 0.1) is 4.90 Å². The van der Waals surface area contributed by atoms with Crippen molar-refractivity contribution in [2.45, 2.75) is 31.0 Å². The van der Waals surface area contributed by atoms with Crippen molar-refractivity contribution < 1.29 is 26.4 Å². The van der Waals surface area contributed by atoms with Gasteiger partial charge in [0.1, 0.15) is 0 Å². The van der Waals surface area contributed by atoms with Crippen LogP contribution in [0.2, 0.25) is 0 Å². The van der Waals surface area contributed by atoms with E-state index in [9.17, 15) is 26.4 Å². The van der Waals surface area contributed by atoms with Gasteiger partial charge in [-0.2, -0.15) is 13.2 Å². The number of carbonyl (C=O) groups is 1. The summed E-state index contributed by atoms with van der Waals surface area (Å²) < 4.78 is 65.4. The summed E-state index contributed by atoms with van der Waals surface area (Å²) in [7, 11) is -3.72. The van der Waals surface area contributed by atoms with Crippen molar-refractivity contribution >= 4 is 15.7 Å². The van der Waals surface area contributed by atoms with Crippen LogP contribution in [-0.2, 0) is 9.84 Å². The minimum absolute atomic E-state index is 0.165. The maximum Gasteiger partial charge on any atom is 0.412 e. The molecule has 5 nitrogen and oxygen atoms in total. The molecule has 2 aromatic carbocycles. The van der Waals surface area contributed by atoms with Crippen LogP contribution in [0.1, 0.15) is 33.2 Å². The second-order valence-corrected chi connectivity index (χ2v) is 9.58. The fourth-order valence-corrected chi connectivity index (χ4v) is 3.76. The number of aromatic nitrogens is 1. The van der Waals surface area contributed by atoms with E-state index in [1.54, 1.807) is 19.1 Å². The number of alkyl halides is 3. The third-order valence-corrected chi connectivity index (χ3v) is 5.94. The number of nitrogens with zero attached hydrogens (tertiary/aromatic N) is 1. The molecule has 0 fully saturated rings. The van der Waals surface area contributed by atoms with E-state index in [4.69, 9.17) is 0 Å². The van der Waals surface area contributed by atoms with Crippen molar-refractivity contribution in [2.75, 3.05) is 6.26 Å². The minimum Gasteiger partial charge on any atom is -0.337 e. The van der Waals surface area contributed by atoms with Crippen molar-refractivity contribution in [3.05, 3.63) is 83.2 Å². The summed E-state index contributed by atoms with van der Waals surface area (Å²) in [6.45, 7) is 3.51. The zero-order valence-electron chi connectivity index (χ0n) is 17.6. The third-order valence-electron chi connectivity index (χ3n) is 4.85. The number of hydrogen-bond donors (Lipinski definition) is 1. The maximum absolute atomic E-state index is 13.7. The predicted molar refractivity (Wildman–Crippen MR) is 115 cm³/mol. The number of halogens is 3.